The Balaban J connectivity index is 1.40. The van der Waals surface area contributed by atoms with Crippen LogP contribution < -0.4 is 10.2 Å². The Hall–Kier alpha value is -3.68. The first-order valence-electron chi connectivity index (χ1n) is 10.8. The molecule has 3 aromatic rings. The molecule has 1 amide bonds. The molecule has 0 bridgehead atoms. The van der Waals surface area contributed by atoms with Gasteiger partial charge in [0.1, 0.15) is 11.4 Å². The van der Waals surface area contributed by atoms with Crippen molar-refractivity contribution in [1.29, 1.82) is 0 Å². The van der Waals surface area contributed by atoms with Crippen LogP contribution in [-0.4, -0.2) is 33.7 Å². The summed E-state index contributed by atoms with van der Waals surface area (Å²) in [4.78, 5) is 25.8. The fourth-order valence-electron chi connectivity index (χ4n) is 4.24. The maximum Gasteiger partial charge on any atom is 0.312 e. The van der Waals surface area contributed by atoms with Crippen LogP contribution in [0.1, 0.15) is 45.7 Å². The van der Waals surface area contributed by atoms with Gasteiger partial charge in [-0.25, -0.2) is 0 Å². The van der Waals surface area contributed by atoms with Gasteiger partial charge in [0.25, 0.3) is 5.91 Å². The van der Waals surface area contributed by atoms with Crippen LogP contribution in [0, 0.1) is 24.0 Å². The number of aryl methyl sites for hydroxylation is 1. The SMILES string of the molecule is Cc1nn(Cc2ccc(C(=O)NCc3ccccc3N3CCCC3)cc2)c(C)c1[N+](=O)[O-]. The van der Waals surface area contributed by atoms with E-state index in [4.69, 9.17) is 0 Å². The van der Waals surface area contributed by atoms with Gasteiger partial charge >= 0.3 is 5.69 Å². The summed E-state index contributed by atoms with van der Waals surface area (Å²) >= 11 is 0. The van der Waals surface area contributed by atoms with Crippen molar-refractivity contribution < 1.29 is 9.72 Å². The number of hydrogen-bond acceptors (Lipinski definition) is 5. The Morgan fingerprint density at radius 3 is 2.44 bits per heavy atom. The summed E-state index contributed by atoms with van der Waals surface area (Å²) < 4.78 is 1.62. The van der Waals surface area contributed by atoms with Crippen molar-refractivity contribution in [2.24, 2.45) is 0 Å². The third kappa shape index (κ3) is 4.49. The second-order valence-electron chi connectivity index (χ2n) is 8.14. The standard InChI is InChI=1S/C24H27N5O3/c1-17-23(29(31)32)18(2)28(26-17)16-19-9-11-20(12-10-19)24(30)25-15-21-7-3-4-8-22(21)27-13-5-6-14-27/h3-4,7-12H,5-6,13-16H2,1-2H3,(H,25,30). The van der Waals surface area contributed by atoms with Crippen LogP contribution in [0.5, 0.6) is 0 Å². The van der Waals surface area contributed by atoms with Crippen molar-refractivity contribution in [2.75, 3.05) is 18.0 Å². The molecule has 2 heterocycles. The van der Waals surface area contributed by atoms with Crippen LogP contribution in [0.15, 0.2) is 48.5 Å². The zero-order valence-corrected chi connectivity index (χ0v) is 18.4. The van der Waals surface area contributed by atoms with Gasteiger partial charge in [0.2, 0.25) is 0 Å². The summed E-state index contributed by atoms with van der Waals surface area (Å²) in [6.07, 6.45) is 2.41. The second-order valence-corrected chi connectivity index (χ2v) is 8.14. The predicted molar refractivity (Wildman–Crippen MR) is 123 cm³/mol. The zero-order valence-electron chi connectivity index (χ0n) is 18.4. The van der Waals surface area contributed by atoms with Crippen molar-refractivity contribution in [3.63, 3.8) is 0 Å². The monoisotopic (exact) mass is 433 g/mol. The van der Waals surface area contributed by atoms with Gasteiger partial charge in [-0.2, -0.15) is 5.10 Å². The number of carbonyl (C=O) groups is 1. The average molecular weight is 434 g/mol. The number of nitrogens with zero attached hydrogens (tertiary/aromatic N) is 4. The summed E-state index contributed by atoms with van der Waals surface area (Å²) in [5.74, 6) is -0.130. The van der Waals surface area contributed by atoms with Crippen LogP contribution in [0.4, 0.5) is 11.4 Å². The maximum atomic E-state index is 12.7. The van der Waals surface area contributed by atoms with E-state index in [-0.39, 0.29) is 11.6 Å². The molecule has 1 N–H and O–H groups in total. The fourth-order valence-corrected chi connectivity index (χ4v) is 4.24. The van der Waals surface area contributed by atoms with Gasteiger partial charge in [0.15, 0.2) is 0 Å². The molecule has 8 heteroatoms. The van der Waals surface area contributed by atoms with E-state index in [1.54, 1.807) is 30.7 Å². The lowest BCUT2D eigenvalue weighted by atomic mass is 10.1. The summed E-state index contributed by atoms with van der Waals surface area (Å²) in [6, 6.07) is 15.5. The highest BCUT2D eigenvalue weighted by Crippen LogP contribution is 2.25. The molecule has 0 spiro atoms. The van der Waals surface area contributed by atoms with Crippen molar-refractivity contribution in [3.05, 3.63) is 86.7 Å². The maximum absolute atomic E-state index is 12.7. The van der Waals surface area contributed by atoms with Crippen molar-refractivity contribution in [1.82, 2.24) is 15.1 Å². The van der Waals surface area contributed by atoms with Gasteiger partial charge in [-0.1, -0.05) is 30.3 Å². The van der Waals surface area contributed by atoms with E-state index in [9.17, 15) is 14.9 Å². The highest BCUT2D eigenvalue weighted by atomic mass is 16.6. The van der Waals surface area contributed by atoms with Crippen LogP contribution in [-0.2, 0) is 13.1 Å². The van der Waals surface area contributed by atoms with Gasteiger partial charge in [0, 0.05) is 30.9 Å². The number of aromatic nitrogens is 2. The molecule has 0 saturated carbocycles. The van der Waals surface area contributed by atoms with Gasteiger partial charge in [0.05, 0.1) is 11.5 Å². The van der Waals surface area contributed by atoms with E-state index >= 15 is 0 Å². The molecule has 1 saturated heterocycles. The number of nitrogens with one attached hydrogen (secondary N) is 1. The quantitative estimate of drug-likeness (QED) is 0.449. The van der Waals surface area contributed by atoms with E-state index in [1.165, 1.54) is 18.5 Å². The smallest absolute Gasteiger partial charge is 0.312 e. The van der Waals surface area contributed by atoms with Gasteiger partial charge in [-0.05, 0) is 56.0 Å². The number of nitro groups is 1. The molecule has 0 unspecified atom stereocenters. The molecular weight excluding hydrogens is 406 g/mol. The fraction of sp³-hybridized carbons (Fsp3) is 0.333. The summed E-state index contributed by atoms with van der Waals surface area (Å²) in [6.45, 7) is 6.33. The minimum atomic E-state index is -0.399. The molecule has 166 valence electrons. The van der Waals surface area contributed by atoms with Crippen LogP contribution in [0.25, 0.3) is 0 Å². The Morgan fingerprint density at radius 1 is 1.09 bits per heavy atom. The number of carbonyl (C=O) groups excluding carboxylic acids is 1. The summed E-state index contributed by atoms with van der Waals surface area (Å²) in [7, 11) is 0. The van der Waals surface area contributed by atoms with Crippen molar-refractivity contribution in [3.8, 4) is 0 Å². The number of rotatable bonds is 7. The largest absolute Gasteiger partial charge is 0.371 e. The van der Waals surface area contributed by atoms with E-state index in [0.29, 0.717) is 30.0 Å². The molecular formula is C24H27N5O3. The highest BCUT2D eigenvalue weighted by Gasteiger charge is 2.21. The molecule has 1 aromatic heterocycles. The Bertz CT molecular complexity index is 1130. The van der Waals surface area contributed by atoms with E-state index in [0.717, 1.165) is 24.2 Å². The topological polar surface area (TPSA) is 93.3 Å². The number of hydrogen-bond donors (Lipinski definition) is 1. The number of benzene rings is 2. The summed E-state index contributed by atoms with van der Waals surface area (Å²) in [5.41, 5.74) is 4.78. The van der Waals surface area contributed by atoms with Crippen molar-refractivity contribution >= 4 is 17.3 Å². The van der Waals surface area contributed by atoms with E-state index < -0.39 is 4.92 Å². The van der Waals surface area contributed by atoms with Crippen molar-refractivity contribution in [2.45, 2.75) is 39.8 Å². The van der Waals surface area contributed by atoms with Gasteiger partial charge in [-0.3, -0.25) is 19.6 Å². The lowest BCUT2D eigenvalue weighted by Crippen LogP contribution is -2.25. The molecule has 1 aliphatic heterocycles. The second kappa shape index (κ2) is 9.21. The lowest BCUT2D eigenvalue weighted by Gasteiger charge is -2.21. The Kier molecular flexibility index (Phi) is 6.20. The molecule has 8 nitrogen and oxygen atoms in total. The molecule has 1 fully saturated rings. The molecule has 0 aliphatic carbocycles. The molecule has 32 heavy (non-hydrogen) atoms. The summed E-state index contributed by atoms with van der Waals surface area (Å²) in [5, 5.41) is 18.5. The minimum absolute atomic E-state index is 0.0511. The first-order valence-corrected chi connectivity index (χ1v) is 10.8. The van der Waals surface area contributed by atoms with Crippen LogP contribution in [0.2, 0.25) is 0 Å². The molecule has 2 aromatic carbocycles. The van der Waals surface area contributed by atoms with E-state index in [2.05, 4.69) is 27.4 Å². The normalized spacial score (nSPS) is 13.4. The number of para-hydroxylation sites is 1. The Labute approximate surface area is 187 Å². The third-order valence-corrected chi connectivity index (χ3v) is 5.95. The lowest BCUT2D eigenvalue weighted by molar-refractivity contribution is -0.386. The van der Waals surface area contributed by atoms with Gasteiger partial charge in [-0.15, -0.1) is 0 Å². The van der Waals surface area contributed by atoms with Gasteiger partial charge < -0.3 is 10.2 Å². The molecule has 0 atom stereocenters. The highest BCUT2D eigenvalue weighted by molar-refractivity contribution is 5.94. The predicted octanol–water partition coefficient (Wildman–Crippen LogP) is 3.99. The minimum Gasteiger partial charge on any atom is -0.371 e. The third-order valence-electron chi connectivity index (χ3n) is 5.95. The molecule has 1 aliphatic rings. The van der Waals surface area contributed by atoms with E-state index in [1.807, 2.05) is 24.3 Å². The average Bonchev–Trinajstić information content (AvgIpc) is 3.41. The van der Waals surface area contributed by atoms with Crippen LogP contribution in [0.3, 0.4) is 0 Å². The zero-order chi connectivity index (χ0) is 22.7. The first-order chi connectivity index (χ1) is 15.4. The number of anilines is 1. The first kappa shape index (κ1) is 21.5. The van der Waals surface area contributed by atoms with Crippen LogP contribution >= 0.6 is 0 Å². The molecule has 0 radical (unpaired) electrons. The number of amides is 1. The molecule has 4 rings (SSSR count). The Morgan fingerprint density at radius 2 is 1.78 bits per heavy atom.